The van der Waals surface area contributed by atoms with Gasteiger partial charge >= 0.3 is 12.2 Å². The third kappa shape index (κ3) is 8.49. The molecule has 1 aliphatic carbocycles. The van der Waals surface area contributed by atoms with Crippen molar-refractivity contribution in [2.75, 3.05) is 27.3 Å². The molecule has 0 bridgehead atoms. The van der Waals surface area contributed by atoms with Gasteiger partial charge in [0.1, 0.15) is 29.4 Å². The quantitative estimate of drug-likeness (QED) is 0.139. The number of hydrogen-bond donors (Lipinski definition) is 4. The number of hydrogen-bond acceptors (Lipinski definition) is 10. The van der Waals surface area contributed by atoms with E-state index in [1.54, 1.807) is 17.3 Å². The van der Waals surface area contributed by atoms with Gasteiger partial charge in [-0.3, -0.25) is 9.59 Å². The number of alkyl carbamates (subject to hydrolysis) is 2. The third-order valence-electron chi connectivity index (χ3n) is 11.5. The predicted octanol–water partition coefficient (Wildman–Crippen LogP) is 5.65. The summed E-state index contributed by atoms with van der Waals surface area (Å²) >= 11 is 0. The first-order valence-corrected chi connectivity index (χ1v) is 19.8. The number of nitrogens with one attached hydrogen (secondary N) is 4. The molecule has 5 atom stereocenters. The molecule has 0 unspecified atom stereocenters. The predicted molar refractivity (Wildman–Crippen MR) is 210 cm³/mol. The summed E-state index contributed by atoms with van der Waals surface area (Å²) in [6.45, 7) is 8.82. The van der Waals surface area contributed by atoms with Crippen molar-refractivity contribution in [2.24, 2.45) is 23.7 Å². The summed E-state index contributed by atoms with van der Waals surface area (Å²) in [5.74, 6) is 1.86. The van der Waals surface area contributed by atoms with Crippen molar-refractivity contribution in [3.05, 3.63) is 60.4 Å². The molecule has 2 aliphatic heterocycles. The largest absolute Gasteiger partial charge is 0.453 e. The second-order valence-corrected chi connectivity index (χ2v) is 16.0. The van der Waals surface area contributed by atoms with E-state index in [4.69, 9.17) is 14.5 Å². The molecule has 3 fully saturated rings. The Morgan fingerprint density at radius 3 is 1.81 bits per heavy atom. The number of aromatic nitrogens is 6. The topological polar surface area (TPSA) is 200 Å². The Hall–Kier alpha value is -5.80. The minimum atomic E-state index is -0.709. The molecule has 0 spiro atoms. The molecule has 16 heteroatoms. The summed E-state index contributed by atoms with van der Waals surface area (Å²) < 4.78 is 9.56. The van der Waals surface area contributed by atoms with Crippen LogP contribution in [0.4, 0.5) is 9.59 Å². The fourth-order valence-electron chi connectivity index (χ4n) is 8.09. The number of likely N-dealkylation sites (tertiary alicyclic amines) is 2. The first-order valence-electron chi connectivity index (χ1n) is 19.8. The fraction of sp³-hybridized carbons (Fsp3) is 0.512. The second-order valence-electron chi connectivity index (χ2n) is 16.0. The van der Waals surface area contributed by atoms with Crippen LogP contribution in [0.15, 0.2) is 48.8 Å². The Morgan fingerprint density at radius 2 is 1.23 bits per heavy atom. The maximum Gasteiger partial charge on any atom is 0.407 e. The molecule has 57 heavy (non-hydrogen) atoms. The normalized spacial score (nSPS) is 20.5. The van der Waals surface area contributed by atoms with Crippen LogP contribution in [0.1, 0.15) is 83.5 Å². The molecule has 5 heterocycles. The van der Waals surface area contributed by atoms with Crippen LogP contribution in [0, 0.1) is 23.7 Å². The molecule has 2 saturated heterocycles. The van der Waals surface area contributed by atoms with E-state index in [-0.39, 0.29) is 35.7 Å². The van der Waals surface area contributed by atoms with Crippen LogP contribution in [-0.2, 0) is 19.1 Å². The van der Waals surface area contributed by atoms with Crippen molar-refractivity contribution in [3.63, 3.8) is 0 Å². The highest BCUT2D eigenvalue weighted by molar-refractivity contribution is 5.87. The van der Waals surface area contributed by atoms with E-state index in [0.29, 0.717) is 53.7 Å². The van der Waals surface area contributed by atoms with Gasteiger partial charge in [0.2, 0.25) is 11.8 Å². The number of benzene rings is 1. The van der Waals surface area contributed by atoms with Crippen molar-refractivity contribution in [1.29, 1.82) is 0 Å². The monoisotopic (exact) mass is 780 g/mol. The summed E-state index contributed by atoms with van der Waals surface area (Å²) in [4.78, 5) is 71.3. The third-order valence-corrected chi connectivity index (χ3v) is 11.5. The Morgan fingerprint density at radius 1 is 0.684 bits per heavy atom. The molecule has 7 rings (SSSR count). The number of carbonyl (C=O) groups excluding carboxylic acids is 4. The molecule has 4 aromatic rings. The summed E-state index contributed by atoms with van der Waals surface area (Å²) in [7, 11) is 2.58. The first-order chi connectivity index (χ1) is 27.4. The zero-order valence-electron chi connectivity index (χ0n) is 33.3. The van der Waals surface area contributed by atoms with Gasteiger partial charge in [0, 0.05) is 18.7 Å². The van der Waals surface area contributed by atoms with Crippen molar-refractivity contribution >= 4 is 24.0 Å². The van der Waals surface area contributed by atoms with Crippen molar-refractivity contribution < 1.29 is 28.7 Å². The number of carbonyl (C=O) groups is 4. The van der Waals surface area contributed by atoms with E-state index in [0.717, 1.165) is 36.1 Å². The van der Waals surface area contributed by atoms with E-state index in [2.05, 4.69) is 35.8 Å². The lowest BCUT2D eigenvalue weighted by molar-refractivity contribution is -0.136. The van der Waals surface area contributed by atoms with Gasteiger partial charge in [-0.2, -0.15) is 0 Å². The SMILES string of the molecule is COC(=O)N[C@H](C(=O)N1CCC[C@H]1c1ncc(-c2ccc(-c3ccc(-c4cnc([C@@H]5C[C@H](C6CC6)CN5C(=O)[C@@H](NC(=O)OC)C(C)C)[nH]4)nn3)cc2)[nH]1)C(C)C. The highest BCUT2D eigenvalue weighted by Gasteiger charge is 2.46. The van der Waals surface area contributed by atoms with Crippen molar-refractivity contribution in [1.82, 2.24) is 50.6 Å². The van der Waals surface area contributed by atoms with E-state index in [1.807, 2.05) is 69.0 Å². The maximum absolute atomic E-state index is 13.9. The van der Waals surface area contributed by atoms with Crippen LogP contribution < -0.4 is 10.6 Å². The number of imidazole rings is 2. The zero-order chi connectivity index (χ0) is 40.4. The molecular formula is C41H52N10O6. The molecule has 1 saturated carbocycles. The van der Waals surface area contributed by atoms with Gasteiger partial charge in [-0.15, -0.1) is 10.2 Å². The van der Waals surface area contributed by atoms with Gasteiger partial charge in [-0.25, -0.2) is 19.6 Å². The summed E-state index contributed by atoms with van der Waals surface area (Å²) in [5, 5.41) is 14.5. The van der Waals surface area contributed by atoms with Gasteiger partial charge in [-0.1, -0.05) is 52.0 Å². The maximum atomic E-state index is 13.9. The van der Waals surface area contributed by atoms with Gasteiger partial charge in [0.05, 0.1) is 55.8 Å². The zero-order valence-corrected chi connectivity index (χ0v) is 33.3. The smallest absolute Gasteiger partial charge is 0.407 e. The number of ether oxygens (including phenoxy) is 2. The highest BCUT2D eigenvalue weighted by atomic mass is 16.5. The number of methoxy groups -OCH3 is 2. The molecular weight excluding hydrogens is 729 g/mol. The fourth-order valence-corrected chi connectivity index (χ4v) is 8.09. The lowest BCUT2D eigenvalue weighted by Crippen LogP contribution is -2.51. The Bertz CT molecular complexity index is 2060. The first kappa shape index (κ1) is 39.4. The molecule has 0 radical (unpaired) electrons. The average Bonchev–Trinajstić information content (AvgIpc) is 3.65. The number of aromatic amines is 2. The molecule has 4 amide bonds. The van der Waals surface area contributed by atoms with Crippen molar-refractivity contribution in [3.8, 4) is 33.9 Å². The van der Waals surface area contributed by atoms with E-state index in [9.17, 15) is 19.2 Å². The standard InChI is InChI=1S/C41H52N10O6/c1-22(2)34(46-40(54)56-5)38(52)50-17-7-8-32(50)36-42-19-30(44-36)26-13-11-25(12-14-26)28-15-16-29(49-48-28)31-20-43-37(45-31)33-18-27(24-9-10-24)21-51(33)39(53)35(23(3)4)47-41(55)57-6/h11-16,19-20,22-24,27,32-35H,7-10,17-18,21H2,1-6H3,(H,42,44)(H,43,45)(H,46,54)(H,47,55)/t27-,32-,33-,34-,35-/m0/s1. The van der Waals surface area contributed by atoms with E-state index in [1.165, 1.54) is 27.1 Å². The number of amides is 4. The van der Waals surface area contributed by atoms with E-state index >= 15 is 0 Å². The molecule has 3 aliphatic rings. The van der Waals surface area contributed by atoms with Crippen LogP contribution in [0.2, 0.25) is 0 Å². The Kier molecular flexibility index (Phi) is 11.6. The molecule has 3 aromatic heterocycles. The molecule has 16 nitrogen and oxygen atoms in total. The summed E-state index contributed by atoms with van der Waals surface area (Å²) in [6, 6.07) is 9.87. The Balaban J connectivity index is 1.02. The number of H-pyrrole nitrogens is 2. The average molecular weight is 781 g/mol. The molecule has 1 aromatic carbocycles. The number of rotatable bonds is 12. The van der Waals surface area contributed by atoms with Crippen LogP contribution in [0.5, 0.6) is 0 Å². The van der Waals surface area contributed by atoms with Gasteiger partial charge < -0.3 is 39.9 Å². The van der Waals surface area contributed by atoms with Gasteiger partial charge in [0.15, 0.2) is 0 Å². The minimum Gasteiger partial charge on any atom is -0.453 e. The summed E-state index contributed by atoms with van der Waals surface area (Å²) in [5.41, 5.74) is 4.67. The highest BCUT2D eigenvalue weighted by Crippen LogP contribution is 2.47. The Labute approximate surface area is 331 Å². The minimum absolute atomic E-state index is 0.114. The van der Waals surface area contributed by atoms with Crippen LogP contribution in [0.3, 0.4) is 0 Å². The second kappa shape index (κ2) is 16.7. The van der Waals surface area contributed by atoms with Crippen LogP contribution in [-0.4, -0.2) is 103 Å². The summed E-state index contributed by atoms with van der Waals surface area (Å²) in [6.07, 6.45) is 7.01. The molecule has 302 valence electrons. The molecule has 4 N–H and O–H groups in total. The van der Waals surface area contributed by atoms with E-state index < -0.39 is 24.3 Å². The van der Waals surface area contributed by atoms with Crippen molar-refractivity contribution in [2.45, 2.75) is 84.0 Å². The lowest BCUT2D eigenvalue weighted by Gasteiger charge is -2.30. The lowest BCUT2D eigenvalue weighted by atomic mass is 10.0. The van der Waals surface area contributed by atoms with Crippen LogP contribution >= 0.6 is 0 Å². The van der Waals surface area contributed by atoms with Gasteiger partial charge in [-0.05, 0) is 73.5 Å². The number of nitrogens with zero attached hydrogens (tertiary/aromatic N) is 6. The van der Waals surface area contributed by atoms with Crippen LogP contribution in [0.25, 0.3) is 33.9 Å². The van der Waals surface area contributed by atoms with Gasteiger partial charge in [0.25, 0.3) is 0 Å².